The van der Waals surface area contributed by atoms with E-state index in [1.165, 1.54) is 6.20 Å². The lowest BCUT2D eigenvalue weighted by atomic mass is 10.0. The number of nitrogens with one attached hydrogen (secondary N) is 2. The van der Waals surface area contributed by atoms with Crippen molar-refractivity contribution in [1.29, 1.82) is 0 Å². The van der Waals surface area contributed by atoms with Gasteiger partial charge in [-0.15, -0.1) is 5.10 Å². The fourth-order valence-electron chi connectivity index (χ4n) is 3.68. The number of carbonyl (C=O) groups is 1. The minimum atomic E-state index is -1.38. The molecule has 0 radical (unpaired) electrons. The predicted octanol–water partition coefficient (Wildman–Crippen LogP) is 3.22. The minimum Gasteiger partial charge on any atom is -0.475 e. The molecule has 0 spiro atoms. The van der Waals surface area contributed by atoms with Gasteiger partial charge in [0.15, 0.2) is 5.82 Å². The predicted molar refractivity (Wildman–Crippen MR) is 109 cm³/mol. The number of carboxylic acid groups (broad SMARTS) is 1. The second-order valence-electron chi connectivity index (χ2n) is 7.51. The lowest BCUT2D eigenvalue weighted by Crippen LogP contribution is -2.45. The summed E-state index contributed by atoms with van der Waals surface area (Å²) >= 11 is 6.19. The van der Waals surface area contributed by atoms with Crippen molar-refractivity contribution in [1.82, 2.24) is 24.6 Å². The quantitative estimate of drug-likeness (QED) is 0.620. The van der Waals surface area contributed by atoms with Crippen LogP contribution in [-0.2, 0) is 0 Å². The number of hydrogen-bond acceptors (Lipinski definition) is 7. The van der Waals surface area contributed by atoms with Gasteiger partial charge in [0, 0.05) is 19.0 Å². The Balaban J connectivity index is 1.67. The fraction of sp³-hybridized carbons (Fsp3) is 0.556. The van der Waals surface area contributed by atoms with E-state index in [9.17, 15) is 9.18 Å². The molecule has 3 unspecified atom stereocenters. The third-order valence-electron chi connectivity index (χ3n) is 5.36. The highest BCUT2D eigenvalue weighted by molar-refractivity contribution is 6.32. The molecule has 4 heterocycles. The van der Waals surface area contributed by atoms with Crippen molar-refractivity contribution in [3.8, 4) is 5.88 Å². The molecular formula is C18H23ClFN7O3. The molecule has 2 aromatic heterocycles. The molecule has 0 aromatic carbocycles. The van der Waals surface area contributed by atoms with Crippen LogP contribution in [0.1, 0.15) is 31.5 Å². The average Bonchev–Trinajstić information content (AvgIpc) is 2.98. The number of alkyl halides is 1. The molecule has 4 rings (SSSR count). The number of piperidine rings is 1. The number of ether oxygens (including phenoxy) is 1. The van der Waals surface area contributed by atoms with Crippen LogP contribution in [0, 0.1) is 6.92 Å². The van der Waals surface area contributed by atoms with Gasteiger partial charge in [-0.25, -0.2) is 14.2 Å². The topological polar surface area (TPSA) is 117 Å². The molecular weight excluding hydrogens is 417 g/mol. The summed E-state index contributed by atoms with van der Waals surface area (Å²) in [4.78, 5) is 20.9. The van der Waals surface area contributed by atoms with Crippen molar-refractivity contribution in [2.75, 3.05) is 30.3 Å². The molecule has 2 aliphatic heterocycles. The van der Waals surface area contributed by atoms with Gasteiger partial charge in [0.05, 0.1) is 31.1 Å². The zero-order valence-electron chi connectivity index (χ0n) is 16.6. The number of aromatic nitrogens is 4. The molecule has 0 saturated carbocycles. The SMILES string of the molecule is Cc1c2c(nn1C1CCN(C(=O)O)CC1F)OCCC(C)Nc1nc(ncc1Cl)N2. The standard InChI is InChI=1S/C18H23ClFN7O3/c1-9-4-6-30-16-14(23-17-21-7-11(19)15(22-9)24-17)10(2)27(25-16)13-3-5-26(18(28)29)8-12(13)20/h7,9,12-13H,3-6,8H2,1-2H3,(H,28,29)(H2,21,22,23,24). The summed E-state index contributed by atoms with van der Waals surface area (Å²) < 4.78 is 22.3. The highest BCUT2D eigenvalue weighted by atomic mass is 35.5. The second kappa shape index (κ2) is 8.13. The molecule has 10 nitrogen and oxygen atoms in total. The van der Waals surface area contributed by atoms with Crippen LogP contribution in [0.3, 0.4) is 0 Å². The summed E-state index contributed by atoms with van der Waals surface area (Å²) in [5.74, 6) is 1.15. The van der Waals surface area contributed by atoms with Crippen LogP contribution in [0.25, 0.3) is 0 Å². The van der Waals surface area contributed by atoms with E-state index < -0.39 is 18.3 Å². The molecule has 1 fully saturated rings. The largest absolute Gasteiger partial charge is 0.475 e. The van der Waals surface area contributed by atoms with E-state index in [-0.39, 0.29) is 19.1 Å². The first-order chi connectivity index (χ1) is 14.3. The summed E-state index contributed by atoms with van der Waals surface area (Å²) in [7, 11) is 0. The van der Waals surface area contributed by atoms with Gasteiger partial charge < -0.3 is 25.4 Å². The maximum atomic E-state index is 14.8. The van der Waals surface area contributed by atoms with E-state index in [4.69, 9.17) is 21.4 Å². The Kier molecular flexibility index (Phi) is 5.54. The van der Waals surface area contributed by atoms with Gasteiger partial charge in [-0.3, -0.25) is 4.68 Å². The number of fused-ring (bicyclic) bond motifs is 3. The highest BCUT2D eigenvalue weighted by Gasteiger charge is 2.35. The first-order valence-corrected chi connectivity index (χ1v) is 10.1. The second-order valence-corrected chi connectivity index (χ2v) is 7.92. The fourth-order valence-corrected chi connectivity index (χ4v) is 3.83. The van der Waals surface area contributed by atoms with Gasteiger partial charge in [-0.05, 0) is 20.3 Å². The first kappa shape index (κ1) is 20.5. The van der Waals surface area contributed by atoms with Crippen LogP contribution in [0.5, 0.6) is 5.88 Å². The van der Waals surface area contributed by atoms with Crippen molar-refractivity contribution in [3.63, 3.8) is 0 Å². The first-order valence-electron chi connectivity index (χ1n) is 9.73. The maximum Gasteiger partial charge on any atom is 0.407 e. The Morgan fingerprint density at radius 3 is 2.97 bits per heavy atom. The lowest BCUT2D eigenvalue weighted by Gasteiger charge is -2.33. The van der Waals surface area contributed by atoms with Crippen LogP contribution in [0.2, 0.25) is 5.02 Å². The monoisotopic (exact) mass is 439 g/mol. The minimum absolute atomic E-state index is 0.0468. The van der Waals surface area contributed by atoms with Gasteiger partial charge in [0.25, 0.3) is 5.88 Å². The number of halogens is 2. The smallest absolute Gasteiger partial charge is 0.407 e. The molecule has 2 bridgehead atoms. The number of rotatable bonds is 1. The number of anilines is 3. The Morgan fingerprint density at radius 1 is 1.43 bits per heavy atom. The molecule has 30 heavy (non-hydrogen) atoms. The van der Waals surface area contributed by atoms with Gasteiger partial charge in [0.2, 0.25) is 5.95 Å². The Morgan fingerprint density at radius 2 is 2.23 bits per heavy atom. The van der Waals surface area contributed by atoms with E-state index in [0.29, 0.717) is 53.5 Å². The molecule has 2 aromatic rings. The number of likely N-dealkylation sites (tertiary alicyclic amines) is 1. The Labute approximate surface area is 177 Å². The summed E-state index contributed by atoms with van der Waals surface area (Å²) in [6.45, 7) is 4.23. The van der Waals surface area contributed by atoms with Gasteiger partial charge >= 0.3 is 6.09 Å². The molecule has 3 atom stereocenters. The van der Waals surface area contributed by atoms with E-state index in [1.54, 1.807) is 11.6 Å². The van der Waals surface area contributed by atoms with Gasteiger partial charge in [-0.1, -0.05) is 11.6 Å². The van der Waals surface area contributed by atoms with Crippen LogP contribution < -0.4 is 15.4 Å². The molecule has 3 N–H and O–H groups in total. The Hall–Kier alpha value is -2.82. The zero-order chi connectivity index (χ0) is 21.4. The van der Waals surface area contributed by atoms with E-state index in [1.807, 2.05) is 6.92 Å². The van der Waals surface area contributed by atoms with Crippen molar-refractivity contribution >= 4 is 35.1 Å². The summed E-state index contributed by atoms with van der Waals surface area (Å²) in [6.07, 6.45) is -0.00648. The van der Waals surface area contributed by atoms with Crippen molar-refractivity contribution in [2.45, 2.75) is 44.9 Å². The van der Waals surface area contributed by atoms with Gasteiger partial charge in [-0.2, -0.15) is 4.98 Å². The van der Waals surface area contributed by atoms with Crippen LogP contribution in [0.4, 0.5) is 26.6 Å². The normalized spacial score (nSPS) is 24.0. The number of nitrogens with zero attached hydrogens (tertiary/aromatic N) is 5. The number of amides is 1. The average molecular weight is 440 g/mol. The van der Waals surface area contributed by atoms with Gasteiger partial charge in [0.1, 0.15) is 16.9 Å². The Bertz CT molecular complexity index is 956. The van der Waals surface area contributed by atoms with Crippen molar-refractivity contribution in [3.05, 3.63) is 16.9 Å². The lowest BCUT2D eigenvalue weighted by molar-refractivity contribution is 0.0742. The summed E-state index contributed by atoms with van der Waals surface area (Å²) in [5.41, 5.74) is 1.20. The summed E-state index contributed by atoms with van der Waals surface area (Å²) in [5, 5.41) is 20.4. The molecule has 2 aliphatic rings. The molecule has 12 heteroatoms. The zero-order valence-corrected chi connectivity index (χ0v) is 17.4. The van der Waals surface area contributed by atoms with Crippen molar-refractivity contribution < 1.29 is 19.0 Å². The third kappa shape index (κ3) is 3.93. The highest BCUT2D eigenvalue weighted by Crippen LogP contribution is 2.36. The van der Waals surface area contributed by atoms with Crippen LogP contribution >= 0.6 is 11.6 Å². The van der Waals surface area contributed by atoms with Crippen molar-refractivity contribution in [2.24, 2.45) is 0 Å². The third-order valence-corrected chi connectivity index (χ3v) is 5.64. The van der Waals surface area contributed by atoms with Crippen LogP contribution in [-0.4, -0.2) is 67.8 Å². The molecule has 162 valence electrons. The molecule has 1 saturated heterocycles. The molecule has 0 aliphatic carbocycles. The summed E-state index contributed by atoms with van der Waals surface area (Å²) in [6, 6.07) is -0.542. The van der Waals surface area contributed by atoms with E-state index in [2.05, 4.69) is 25.7 Å². The maximum absolute atomic E-state index is 14.8. The molecule has 1 amide bonds. The van der Waals surface area contributed by atoms with Crippen LogP contribution in [0.15, 0.2) is 6.20 Å². The van der Waals surface area contributed by atoms with E-state index in [0.717, 1.165) is 4.90 Å². The van der Waals surface area contributed by atoms with E-state index >= 15 is 0 Å². The number of hydrogen-bond donors (Lipinski definition) is 3.